The van der Waals surface area contributed by atoms with Crippen LogP contribution in [0.3, 0.4) is 0 Å². The van der Waals surface area contributed by atoms with Gasteiger partial charge in [0.05, 0.1) is 14.2 Å². The van der Waals surface area contributed by atoms with Gasteiger partial charge in [-0.2, -0.15) is 0 Å². The van der Waals surface area contributed by atoms with E-state index in [1.54, 1.807) is 13.2 Å². The minimum absolute atomic E-state index is 0.0235. The summed E-state index contributed by atoms with van der Waals surface area (Å²) in [6.45, 7) is 4.30. The third-order valence-corrected chi connectivity index (χ3v) is 5.36. The third kappa shape index (κ3) is 5.73. The molecule has 0 spiro atoms. The van der Waals surface area contributed by atoms with Crippen LogP contribution in [0.2, 0.25) is 0 Å². The molecule has 1 aromatic rings. The average molecular weight is 362 g/mol. The zero-order chi connectivity index (χ0) is 19.1. The Morgan fingerprint density at radius 1 is 1.31 bits per heavy atom. The van der Waals surface area contributed by atoms with Gasteiger partial charge in [-0.15, -0.1) is 0 Å². The molecular weight excluding hydrogens is 330 g/mol. The highest BCUT2D eigenvalue weighted by Crippen LogP contribution is 2.23. The van der Waals surface area contributed by atoms with Crippen molar-refractivity contribution in [1.29, 1.82) is 0 Å². The van der Waals surface area contributed by atoms with Crippen LogP contribution in [0.25, 0.3) is 0 Å². The van der Waals surface area contributed by atoms with Crippen LogP contribution in [-0.4, -0.2) is 44.6 Å². The zero-order valence-corrected chi connectivity index (χ0v) is 16.3. The summed E-state index contributed by atoms with van der Waals surface area (Å²) in [6.07, 6.45) is 4.65. The van der Waals surface area contributed by atoms with Crippen molar-refractivity contribution in [3.8, 4) is 5.75 Å². The number of quaternary nitrogens is 1. The molecule has 1 fully saturated rings. The van der Waals surface area contributed by atoms with Crippen molar-refractivity contribution in [3.63, 3.8) is 0 Å². The molecule has 2 rings (SSSR count). The zero-order valence-electron chi connectivity index (χ0n) is 16.3. The summed E-state index contributed by atoms with van der Waals surface area (Å²) in [6, 6.07) is 7.22. The van der Waals surface area contributed by atoms with Crippen LogP contribution in [0.1, 0.15) is 39.5 Å². The van der Waals surface area contributed by atoms with Crippen LogP contribution in [0.15, 0.2) is 24.3 Å². The molecule has 1 aliphatic rings. The predicted octanol–water partition coefficient (Wildman–Crippen LogP) is 1.23. The summed E-state index contributed by atoms with van der Waals surface area (Å²) in [5, 5.41) is 6.04. The Kier molecular flexibility index (Phi) is 7.45. The van der Waals surface area contributed by atoms with E-state index in [0.717, 1.165) is 11.3 Å². The van der Waals surface area contributed by atoms with E-state index in [0.29, 0.717) is 17.4 Å². The lowest BCUT2D eigenvalue weighted by atomic mass is 9.86. The van der Waals surface area contributed by atoms with Crippen LogP contribution in [0, 0.1) is 5.92 Å². The molecule has 0 aliphatic heterocycles. The number of hydrogen-bond donors (Lipinski definition) is 3. The van der Waals surface area contributed by atoms with E-state index in [1.165, 1.54) is 19.3 Å². The van der Waals surface area contributed by atoms with E-state index >= 15 is 0 Å². The lowest BCUT2D eigenvalue weighted by Gasteiger charge is -2.31. The molecule has 1 aromatic carbocycles. The Morgan fingerprint density at radius 3 is 2.73 bits per heavy atom. The van der Waals surface area contributed by atoms with Crippen molar-refractivity contribution < 1.29 is 19.2 Å². The quantitative estimate of drug-likeness (QED) is 0.683. The first-order chi connectivity index (χ1) is 12.4. The molecule has 0 bridgehead atoms. The summed E-state index contributed by atoms with van der Waals surface area (Å²) in [5.74, 6) is 1.12. The molecule has 3 N–H and O–H groups in total. The van der Waals surface area contributed by atoms with Gasteiger partial charge in [-0.25, -0.2) is 0 Å². The fourth-order valence-electron chi connectivity index (χ4n) is 3.37. The van der Waals surface area contributed by atoms with E-state index in [-0.39, 0.29) is 30.4 Å². The molecule has 6 nitrogen and oxygen atoms in total. The molecule has 1 aliphatic carbocycles. The van der Waals surface area contributed by atoms with Crippen LogP contribution >= 0.6 is 0 Å². The minimum Gasteiger partial charge on any atom is -0.497 e. The van der Waals surface area contributed by atoms with E-state index in [9.17, 15) is 9.59 Å². The first-order valence-electron chi connectivity index (χ1n) is 9.47. The first kappa shape index (κ1) is 20.2. The fraction of sp³-hybridized carbons (Fsp3) is 0.600. The lowest BCUT2D eigenvalue weighted by molar-refractivity contribution is -0.885. The van der Waals surface area contributed by atoms with Gasteiger partial charge in [0.1, 0.15) is 5.75 Å². The second-order valence-corrected chi connectivity index (χ2v) is 7.40. The highest BCUT2D eigenvalue weighted by Gasteiger charge is 2.29. The molecule has 6 heteroatoms. The number of methoxy groups -OCH3 is 1. The third-order valence-electron chi connectivity index (χ3n) is 5.36. The van der Waals surface area contributed by atoms with E-state index < -0.39 is 0 Å². The Balaban J connectivity index is 1.83. The van der Waals surface area contributed by atoms with Crippen molar-refractivity contribution in [3.05, 3.63) is 24.3 Å². The van der Waals surface area contributed by atoms with Gasteiger partial charge in [0, 0.05) is 17.8 Å². The molecule has 26 heavy (non-hydrogen) atoms. The fourth-order valence-corrected chi connectivity index (χ4v) is 3.37. The van der Waals surface area contributed by atoms with Crippen LogP contribution < -0.4 is 20.3 Å². The first-order valence-corrected chi connectivity index (χ1v) is 9.47. The van der Waals surface area contributed by atoms with Crippen LogP contribution in [-0.2, 0) is 9.59 Å². The van der Waals surface area contributed by atoms with Crippen LogP contribution in [0.5, 0.6) is 5.75 Å². The maximum Gasteiger partial charge on any atom is 0.279 e. The van der Waals surface area contributed by atoms with Gasteiger partial charge in [0.25, 0.3) is 11.8 Å². The van der Waals surface area contributed by atoms with Gasteiger partial charge in [0.15, 0.2) is 12.6 Å². The van der Waals surface area contributed by atoms with Gasteiger partial charge in [-0.1, -0.05) is 25.8 Å². The van der Waals surface area contributed by atoms with E-state index in [4.69, 9.17) is 4.74 Å². The number of anilines is 1. The Morgan fingerprint density at radius 2 is 2.04 bits per heavy atom. The molecule has 1 saturated carbocycles. The second-order valence-electron chi connectivity index (χ2n) is 7.40. The predicted molar refractivity (Wildman–Crippen MR) is 102 cm³/mol. The molecule has 0 radical (unpaired) electrons. The van der Waals surface area contributed by atoms with Crippen molar-refractivity contribution in [2.45, 2.75) is 51.6 Å². The smallest absolute Gasteiger partial charge is 0.279 e. The number of carbonyl (C=O) groups is 2. The van der Waals surface area contributed by atoms with Gasteiger partial charge >= 0.3 is 0 Å². The maximum absolute atomic E-state index is 12.5. The molecule has 144 valence electrons. The summed E-state index contributed by atoms with van der Waals surface area (Å²) >= 11 is 0. The molecule has 0 saturated heterocycles. The second kappa shape index (κ2) is 9.57. The monoisotopic (exact) mass is 362 g/mol. The maximum atomic E-state index is 12.5. The number of nitrogens with one attached hydrogen (secondary N) is 3. The summed E-state index contributed by atoms with van der Waals surface area (Å²) < 4.78 is 5.16. The molecular formula is C20H32N3O3+. The topological polar surface area (TPSA) is 71.9 Å². The van der Waals surface area contributed by atoms with E-state index in [1.807, 2.05) is 32.2 Å². The van der Waals surface area contributed by atoms with Gasteiger partial charge in [0.2, 0.25) is 0 Å². The normalized spacial score (nSPS) is 22.2. The number of ether oxygens (including phenoxy) is 1. The number of rotatable bonds is 7. The molecule has 0 heterocycles. The number of hydrogen-bond acceptors (Lipinski definition) is 3. The van der Waals surface area contributed by atoms with Crippen molar-refractivity contribution in [1.82, 2.24) is 5.32 Å². The van der Waals surface area contributed by atoms with E-state index in [2.05, 4.69) is 17.6 Å². The Hall–Kier alpha value is -2.08. The Labute approximate surface area is 156 Å². The number of amides is 2. The van der Waals surface area contributed by atoms with Crippen molar-refractivity contribution in [2.24, 2.45) is 5.92 Å². The van der Waals surface area contributed by atoms with Crippen molar-refractivity contribution in [2.75, 3.05) is 26.0 Å². The molecule has 4 atom stereocenters. The SMILES string of the molecule is COc1cccc(NC(=O)C[NH+](C)[C@H](C)C(=O)N[C@H]2CCCC[C@@H]2C)c1. The standard InChI is InChI=1S/C20H31N3O3/c1-14-8-5-6-11-18(14)22-20(25)15(2)23(3)13-19(24)21-16-9-7-10-17(12-16)26-4/h7,9-10,12,14-15,18H,5-6,8,11,13H2,1-4H3,(H,21,24)(H,22,25)/p+1/t14-,15+,18-/m0/s1. The largest absolute Gasteiger partial charge is 0.497 e. The average Bonchev–Trinajstić information content (AvgIpc) is 2.62. The number of benzene rings is 1. The van der Waals surface area contributed by atoms with Crippen molar-refractivity contribution >= 4 is 17.5 Å². The number of carbonyl (C=O) groups excluding carboxylic acids is 2. The van der Waals surface area contributed by atoms with Gasteiger partial charge in [-0.3, -0.25) is 9.59 Å². The van der Waals surface area contributed by atoms with Gasteiger partial charge in [-0.05, 0) is 37.8 Å². The highest BCUT2D eigenvalue weighted by atomic mass is 16.5. The number of likely N-dealkylation sites (N-methyl/N-ethyl adjacent to an activating group) is 1. The Bertz CT molecular complexity index is 620. The lowest BCUT2D eigenvalue weighted by Crippen LogP contribution is -3.15. The van der Waals surface area contributed by atoms with Gasteiger partial charge < -0.3 is 20.3 Å². The molecule has 0 aromatic heterocycles. The summed E-state index contributed by atoms with van der Waals surface area (Å²) in [5.41, 5.74) is 0.690. The minimum atomic E-state index is -0.278. The molecule has 2 amide bonds. The summed E-state index contributed by atoms with van der Waals surface area (Å²) in [4.78, 5) is 25.7. The summed E-state index contributed by atoms with van der Waals surface area (Å²) in [7, 11) is 3.46. The highest BCUT2D eigenvalue weighted by molar-refractivity contribution is 5.91. The van der Waals surface area contributed by atoms with Crippen LogP contribution in [0.4, 0.5) is 5.69 Å². The molecule has 1 unspecified atom stereocenters.